The predicted molar refractivity (Wildman–Crippen MR) is 87.8 cm³/mol. The molecule has 110 valence electrons. The minimum absolute atomic E-state index is 0.143. The molecule has 2 aromatic carbocycles. The summed E-state index contributed by atoms with van der Waals surface area (Å²) in [5.74, 6) is 1.12. The van der Waals surface area contributed by atoms with Crippen molar-refractivity contribution < 1.29 is 9.53 Å². The molecule has 1 amide bonds. The van der Waals surface area contributed by atoms with Crippen LogP contribution in [0.15, 0.2) is 40.9 Å². The number of nitrogens with two attached hydrogens (primary N) is 1. The Morgan fingerprint density at radius 3 is 2.57 bits per heavy atom. The molecule has 2 rings (SSSR count). The standard InChI is InChI=1S/C16H17BrN2O2/c1-3-19-16(20)11-4-6-15(13(18)9-11)21-14-7-5-12(17)8-10(14)2/h4-9H,3,18H2,1-2H3,(H,19,20). The third-order valence-corrected chi connectivity index (χ3v) is 3.46. The van der Waals surface area contributed by atoms with Gasteiger partial charge in [-0.05, 0) is 55.8 Å². The molecule has 0 radical (unpaired) electrons. The van der Waals surface area contributed by atoms with Crippen LogP contribution < -0.4 is 15.8 Å². The summed E-state index contributed by atoms with van der Waals surface area (Å²) in [5, 5.41) is 2.73. The minimum atomic E-state index is -0.143. The highest BCUT2D eigenvalue weighted by Gasteiger charge is 2.09. The van der Waals surface area contributed by atoms with Crippen LogP contribution in [0, 0.1) is 6.92 Å². The lowest BCUT2D eigenvalue weighted by Crippen LogP contribution is -2.22. The number of nitrogen functional groups attached to an aromatic ring is 1. The fraction of sp³-hybridized carbons (Fsp3) is 0.188. The largest absolute Gasteiger partial charge is 0.455 e. The Bertz CT molecular complexity index is 671. The first-order valence-electron chi connectivity index (χ1n) is 6.63. The van der Waals surface area contributed by atoms with E-state index < -0.39 is 0 Å². The molecule has 0 fully saturated rings. The van der Waals surface area contributed by atoms with E-state index in [4.69, 9.17) is 10.5 Å². The topological polar surface area (TPSA) is 64.3 Å². The first-order valence-corrected chi connectivity index (χ1v) is 7.42. The highest BCUT2D eigenvalue weighted by molar-refractivity contribution is 9.10. The number of ether oxygens (including phenoxy) is 1. The molecule has 5 heteroatoms. The molecule has 0 aliphatic carbocycles. The van der Waals surface area contributed by atoms with Crippen LogP contribution in [0.1, 0.15) is 22.8 Å². The highest BCUT2D eigenvalue weighted by Crippen LogP contribution is 2.31. The number of carbonyl (C=O) groups is 1. The van der Waals surface area contributed by atoms with Crippen molar-refractivity contribution in [1.82, 2.24) is 5.32 Å². The maximum Gasteiger partial charge on any atom is 0.251 e. The van der Waals surface area contributed by atoms with E-state index in [1.165, 1.54) is 0 Å². The SMILES string of the molecule is CCNC(=O)c1ccc(Oc2ccc(Br)cc2C)c(N)c1. The monoisotopic (exact) mass is 348 g/mol. The quantitative estimate of drug-likeness (QED) is 0.824. The number of amides is 1. The van der Waals surface area contributed by atoms with E-state index in [2.05, 4.69) is 21.2 Å². The molecule has 3 N–H and O–H groups in total. The van der Waals surface area contributed by atoms with Crippen LogP contribution in [0.2, 0.25) is 0 Å². The summed E-state index contributed by atoms with van der Waals surface area (Å²) in [5.41, 5.74) is 7.92. The van der Waals surface area contributed by atoms with Gasteiger partial charge in [0.25, 0.3) is 5.91 Å². The number of anilines is 1. The van der Waals surface area contributed by atoms with Gasteiger partial charge in [0.2, 0.25) is 0 Å². The number of nitrogens with one attached hydrogen (secondary N) is 1. The molecule has 0 unspecified atom stereocenters. The Hall–Kier alpha value is -2.01. The Labute approximate surface area is 132 Å². The molecule has 0 aliphatic rings. The number of carbonyl (C=O) groups excluding carboxylic acids is 1. The van der Waals surface area contributed by atoms with Gasteiger partial charge < -0.3 is 15.8 Å². The molecule has 0 atom stereocenters. The van der Waals surface area contributed by atoms with Crippen molar-refractivity contribution in [2.24, 2.45) is 0 Å². The lowest BCUT2D eigenvalue weighted by molar-refractivity contribution is 0.0956. The van der Waals surface area contributed by atoms with E-state index in [0.717, 1.165) is 15.8 Å². The van der Waals surface area contributed by atoms with Gasteiger partial charge in [-0.1, -0.05) is 15.9 Å². The summed E-state index contributed by atoms with van der Waals surface area (Å²) < 4.78 is 6.80. The van der Waals surface area contributed by atoms with Crippen LogP contribution in [-0.4, -0.2) is 12.5 Å². The molecular weight excluding hydrogens is 332 g/mol. The molecule has 0 heterocycles. The number of hydrogen-bond donors (Lipinski definition) is 2. The van der Waals surface area contributed by atoms with Crippen molar-refractivity contribution in [3.8, 4) is 11.5 Å². The van der Waals surface area contributed by atoms with Crippen molar-refractivity contribution in [2.45, 2.75) is 13.8 Å². The molecule has 0 aliphatic heterocycles. The van der Waals surface area contributed by atoms with Crippen LogP contribution >= 0.6 is 15.9 Å². The van der Waals surface area contributed by atoms with Crippen molar-refractivity contribution in [1.29, 1.82) is 0 Å². The first-order chi connectivity index (χ1) is 10.0. The Kier molecular flexibility index (Phi) is 4.85. The average Bonchev–Trinajstić information content (AvgIpc) is 2.44. The summed E-state index contributed by atoms with van der Waals surface area (Å²) >= 11 is 3.41. The van der Waals surface area contributed by atoms with Crippen molar-refractivity contribution in [2.75, 3.05) is 12.3 Å². The van der Waals surface area contributed by atoms with Crippen molar-refractivity contribution in [3.63, 3.8) is 0 Å². The second-order valence-corrected chi connectivity index (χ2v) is 5.54. The van der Waals surface area contributed by atoms with Gasteiger partial charge in [0.15, 0.2) is 0 Å². The van der Waals surface area contributed by atoms with Gasteiger partial charge in [-0.25, -0.2) is 0 Å². The predicted octanol–water partition coefficient (Wildman–Crippen LogP) is 3.88. The van der Waals surface area contributed by atoms with Gasteiger partial charge in [-0.15, -0.1) is 0 Å². The average molecular weight is 349 g/mol. The second-order valence-electron chi connectivity index (χ2n) is 4.62. The third kappa shape index (κ3) is 3.76. The zero-order valence-electron chi connectivity index (χ0n) is 11.9. The molecule has 21 heavy (non-hydrogen) atoms. The number of rotatable bonds is 4. The summed E-state index contributed by atoms with van der Waals surface area (Å²) in [6.07, 6.45) is 0. The van der Waals surface area contributed by atoms with E-state index in [1.54, 1.807) is 18.2 Å². The van der Waals surface area contributed by atoms with Crippen LogP contribution in [0.4, 0.5) is 5.69 Å². The van der Waals surface area contributed by atoms with E-state index in [0.29, 0.717) is 23.5 Å². The summed E-state index contributed by atoms with van der Waals surface area (Å²) in [7, 11) is 0. The number of halogens is 1. The van der Waals surface area contributed by atoms with Gasteiger partial charge in [0.1, 0.15) is 11.5 Å². The van der Waals surface area contributed by atoms with Gasteiger partial charge >= 0.3 is 0 Å². The molecule has 4 nitrogen and oxygen atoms in total. The zero-order chi connectivity index (χ0) is 15.4. The Morgan fingerprint density at radius 2 is 1.95 bits per heavy atom. The second kappa shape index (κ2) is 6.63. The van der Waals surface area contributed by atoms with Gasteiger partial charge in [0, 0.05) is 16.6 Å². The van der Waals surface area contributed by atoms with Crippen LogP contribution in [0.5, 0.6) is 11.5 Å². The fourth-order valence-corrected chi connectivity index (χ4v) is 2.37. The van der Waals surface area contributed by atoms with E-state index in [1.807, 2.05) is 32.0 Å². The minimum Gasteiger partial charge on any atom is -0.455 e. The number of hydrogen-bond acceptors (Lipinski definition) is 3. The summed E-state index contributed by atoms with van der Waals surface area (Å²) in [4.78, 5) is 11.7. The molecule has 0 saturated heterocycles. The van der Waals surface area contributed by atoms with Crippen LogP contribution in [-0.2, 0) is 0 Å². The Balaban J connectivity index is 2.23. The fourth-order valence-electron chi connectivity index (χ4n) is 1.89. The normalized spacial score (nSPS) is 10.2. The highest BCUT2D eigenvalue weighted by atomic mass is 79.9. The van der Waals surface area contributed by atoms with Crippen molar-refractivity contribution in [3.05, 3.63) is 52.0 Å². The Morgan fingerprint density at radius 1 is 1.24 bits per heavy atom. The molecule has 0 bridgehead atoms. The molecule has 0 spiro atoms. The summed E-state index contributed by atoms with van der Waals surface area (Å²) in [6, 6.07) is 10.8. The van der Waals surface area contributed by atoms with Crippen molar-refractivity contribution >= 4 is 27.5 Å². The van der Waals surface area contributed by atoms with Gasteiger partial charge in [0.05, 0.1) is 5.69 Å². The summed E-state index contributed by atoms with van der Waals surface area (Å²) in [6.45, 7) is 4.41. The maximum atomic E-state index is 11.7. The van der Waals surface area contributed by atoms with Gasteiger partial charge in [-0.2, -0.15) is 0 Å². The van der Waals surface area contributed by atoms with E-state index >= 15 is 0 Å². The molecule has 0 aromatic heterocycles. The van der Waals surface area contributed by atoms with E-state index in [-0.39, 0.29) is 5.91 Å². The maximum absolute atomic E-state index is 11.7. The molecular formula is C16H17BrN2O2. The molecule has 2 aromatic rings. The third-order valence-electron chi connectivity index (χ3n) is 2.97. The zero-order valence-corrected chi connectivity index (χ0v) is 13.5. The number of aryl methyl sites for hydroxylation is 1. The van der Waals surface area contributed by atoms with E-state index in [9.17, 15) is 4.79 Å². The lowest BCUT2D eigenvalue weighted by atomic mass is 10.1. The first kappa shape index (κ1) is 15.4. The lowest BCUT2D eigenvalue weighted by Gasteiger charge is -2.12. The smallest absolute Gasteiger partial charge is 0.251 e. The van der Waals surface area contributed by atoms with Crippen LogP contribution in [0.3, 0.4) is 0 Å². The molecule has 0 saturated carbocycles. The number of benzene rings is 2. The van der Waals surface area contributed by atoms with Gasteiger partial charge in [-0.3, -0.25) is 4.79 Å². The van der Waals surface area contributed by atoms with Crippen LogP contribution in [0.25, 0.3) is 0 Å².